The van der Waals surface area contributed by atoms with Crippen molar-refractivity contribution in [2.24, 2.45) is 11.7 Å². The number of piperazine rings is 1. The Hall–Kier alpha value is -3.27. The van der Waals surface area contributed by atoms with E-state index >= 15 is 0 Å². The number of amides is 5. The van der Waals surface area contributed by atoms with Gasteiger partial charge in [0.25, 0.3) is 0 Å². The minimum absolute atomic E-state index is 0.188. The van der Waals surface area contributed by atoms with E-state index < -0.39 is 11.9 Å². The third-order valence-electron chi connectivity index (χ3n) is 6.24. The number of fused-ring (bicyclic) bond motifs is 1. The summed E-state index contributed by atoms with van der Waals surface area (Å²) in [5, 5.41) is 4.42. The molecule has 10 nitrogen and oxygen atoms in total. The molecular formula is C22H28ClN7O3. The van der Waals surface area contributed by atoms with Gasteiger partial charge in [-0.3, -0.25) is 9.69 Å². The van der Waals surface area contributed by atoms with Crippen LogP contribution in [0.1, 0.15) is 19.3 Å². The number of anilines is 2. The summed E-state index contributed by atoms with van der Waals surface area (Å²) in [6.07, 6.45) is 2.15. The zero-order valence-electron chi connectivity index (χ0n) is 18.3. The lowest BCUT2D eigenvalue weighted by Gasteiger charge is -2.36. The van der Waals surface area contributed by atoms with E-state index in [0.29, 0.717) is 50.0 Å². The summed E-state index contributed by atoms with van der Waals surface area (Å²) in [4.78, 5) is 46.2. The number of imide groups is 1. The molecule has 0 aliphatic carbocycles. The van der Waals surface area contributed by atoms with Crippen LogP contribution in [-0.4, -0.2) is 72.0 Å². The van der Waals surface area contributed by atoms with Crippen LogP contribution in [0.25, 0.3) is 10.9 Å². The van der Waals surface area contributed by atoms with Crippen molar-refractivity contribution in [2.75, 3.05) is 49.9 Å². The number of likely N-dealkylation sites (tertiary alicyclic amines) is 1. The molecule has 0 spiro atoms. The lowest BCUT2D eigenvalue weighted by atomic mass is 10.0. The second-order valence-corrected chi connectivity index (χ2v) is 8.85. The average molecular weight is 474 g/mol. The van der Waals surface area contributed by atoms with E-state index in [-0.39, 0.29) is 18.5 Å². The van der Waals surface area contributed by atoms with Crippen LogP contribution in [0.15, 0.2) is 24.3 Å². The maximum absolute atomic E-state index is 12.7. The molecule has 2 aliphatic rings. The number of urea groups is 2. The van der Waals surface area contributed by atoms with E-state index in [2.05, 4.69) is 15.2 Å². The fourth-order valence-corrected chi connectivity index (χ4v) is 4.63. The van der Waals surface area contributed by atoms with Crippen molar-refractivity contribution < 1.29 is 14.4 Å². The van der Waals surface area contributed by atoms with Crippen LogP contribution in [-0.2, 0) is 4.79 Å². The number of aromatic nitrogens is 1. The lowest BCUT2D eigenvalue weighted by molar-refractivity contribution is -0.131. The quantitative estimate of drug-likeness (QED) is 0.623. The Morgan fingerprint density at radius 3 is 2.61 bits per heavy atom. The Morgan fingerprint density at radius 2 is 1.88 bits per heavy atom. The Labute approximate surface area is 196 Å². The van der Waals surface area contributed by atoms with Crippen molar-refractivity contribution in [1.29, 1.82) is 0 Å². The monoisotopic (exact) mass is 473 g/mol. The summed E-state index contributed by atoms with van der Waals surface area (Å²) in [7, 11) is 0. The van der Waals surface area contributed by atoms with E-state index in [0.717, 1.165) is 34.3 Å². The zero-order valence-corrected chi connectivity index (χ0v) is 19.1. The molecule has 11 heteroatoms. The molecular weight excluding hydrogens is 446 g/mol. The number of hydrogen-bond donors (Lipinski definition) is 3. The van der Waals surface area contributed by atoms with Gasteiger partial charge >= 0.3 is 12.1 Å². The highest BCUT2D eigenvalue weighted by molar-refractivity contribution is 6.31. The first-order chi connectivity index (χ1) is 15.8. The van der Waals surface area contributed by atoms with Crippen molar-refractivity contribution in [3.05, 3.63) is 29.3 Å². The number of primary amides is 1. The van der Waals surface area contributed by atoms with Gasteiger partial charge < -0.3 is 26.6 Å². The first-order valence-corrected chi connectivity index (χ1v) is 11.5. The number of nitrogens with one attached hydrogen (secondary N) is 1. The largest absolute Gasteiger partial charge is 0.384 e. The van der Waals surface area contributed by atoms with E-state index in [1.165, 1.54) is 0 Å². The van der Waals surface area contributed by atoms with Gasteiger partial charge in [-0.25, -0.2) is 14.6 Å². The van der Waals surface area contributed by atoms with Crippen LogP contribution < -0.4 is 21.7 Å². The summed E-state index contributed by atoms with van der Waals surface area (Å²) in [5.74, 6) is -0.339. The van der Waals surface area contributed by atoms with Gasteiger partial charge in [-0.2, -0.15) is 0 Å². The van der Waals surface area contributed by atoms with Crippen molar-refractivity contribution in [3.8, 4) is 0 Å². The predicted octanol–water partition coefficient (Wildman–Crippen LogP) is 2.01. The summed E-state index contributed by atoms with van der Waals surface area (Å²) in [6, 6.07) is 6.42. The standard InChI is InChI=1S/C22H28ClN7O3/c23-15-4-5-16-17(11-15)27-19(24)12-18(16)28-7-9-29(10-8-28)22(33)26-13-14-3-1-2-6-30(20(14)31)21(25)32/h4-5,11-12,14H,1-3,6-10,13H2,(H2,24,27)(H2,25,32)(H,26,33)/t14-/m1/s1. The van der Waals surface area contributed by atoms with Crippen LogP contribution in [0.5, 0.6) is 0 Å². The van der Waals surface area contributed by atoms with Gasteiger partial charge in [0.15, 0.2) is 0 Å². The van der Waals surface area contributed by atoms with Crippen molar-refractivity contribution in [3.63, 3.8) is 0 Å². The number of carbonyl (C=O) groups is 3. The third-order valence-corrected chi connectivity index (χ3v) is 6.48. The number of hydrogen-bond acceptors (Lipinski definition) is 6. The first-order valence-electron chi connectivity index (χ1n) is 11.1. The number of carbonyl (C=O) groups excluding carboxylic acids is 3. The van der Waals surface area contributed by atoms with Gasteiger partial charge in [-0.1, -0.05) is 18.0 Å². The molecule has 0 bridgehead atoms. The maximum Gasteiger partial charge on any atom is 0.321 e. The summed E-state index contributed by atoms with van der Waals surface area (Å²) in [5.41, 5.74) is 13.0. The number of nitrogens with zero attached hydrogens (tertiary/aromatic N) is 4. The summed E-state index contributed by atoms with van der Waals surface area (Å²) < 4.78 is 0. The minimum atomic E-state index is -0.735. The molecule has 5 N–H and O–H groups in total. The molecule has 0 radical (unpaired) electrons. The van der Waals surface area contributed by atoms with Gasteiger partial charge in [-0.05, 0) is 31.0 Å². The van der Waals surface area contributed by atoms with Gasteiger partial charge in [0, 0.05) is 61.4 Å². The first kappa shape index (κ1) is 22.9. The Kier molecular flexibility index (Phi) is 6.73. The normalized spacial score (nSPS) is 19.5. The molecule has 4 rings (SSSR count). The zero-order chi connectivity index (χ0) is 23.5. The van der Waals surface area contributed by atoms with Crippen LogP contribution in [0, 0.1) is 5.92 Å². The molecule has 2 saturated heterocycles. The number of benzene rings is 1. The van der Waals surface area contributed by atoms with Crippen LogP contribution >= 0.6 is 11.6 Å². The van der Waals surface area contributed by atoms with Gasteiger partial charge in [-0.15, -0.1) is 0 Å². The fourth-order valence-electron chi connectivity index (χ4n) is 4.46. The predicted molar refractivity (Wildman–Crippen MR) is 127 cm³/mol. The topological polar surface area (TPSA) is 138 Å². The Bertz CT molecular complexity index is 1070. The van der Waals surface area contributed by atoms with E-state index in [4.69, 9.17) is 23.1 Å². The van der Waals surface area contributed by atoms with E-state index in [9.17, 15) is 14.4 Å². The van der Waals surface area contributed by atoms with E-state index in [1.54, 1.807) is 11.0 Å². The SMILES string of the molecule is NC(=O)N1CCCC[C@H](CNC(=O)N2CCN(c3cc(N)nc4cc(Cl)ccc34)CC2)C1=O. The van der Waals surface area contributed by atoms with Crippen molar-refractivity contribution >= 4 is 52.0 Å². The number of pyridine rings is 1. The Morgan fingerprint density at radius 1 is 1.12 bits per heavy atom. The second kappa shape index (κ2) is 9.70. The lowest BCUT2D eigenvalue weighted by Crippen LogP contribution is -2.53. The fraction of sp³-hybridized carbons (Fsp3) is 0.455. The van der Waals surface area contributed by atoms with Gasteiger partial charge in [0.05, 0.1) is 11.4 Å². The number of nitrogen functional groups attached to an aromatic ring is 1. The van der Waals surface area contributed by atoms with Crippen LogP contribution in [0.2, 0.25) is 5.02 Å². The van der Waals surface area contributed by atoms with Crippen LogP contribution in [0.4, 0.5) is 21.1 Å². The highest BCUT2D eigenvalue weighted by Gasteiger charge is 2.31. The van der Waals surface area contributed by atoms with Gasteiger partial charge in [0.2, 0.25) is 5.91 Å². The highest BCUT2D eigenvalue weighted by atomic mass is 35.5. The molecule has 0 saturated carbocycles. The van der Waals surface area contributed by atoms with Crippen LogP contribution in [0.3, 0.4) is 0 Å². The second-order valence-electron chi connectivity index (χ2n) is 8.41. The average Bonchev–Trinajstić information content (AvgIpc) is 2.98. The molecule has 33 heavy (non-hydrogen) atoms. The minimum Gasteiger partial charge on any atom is -0.384 e. The molecule has 2 aliphatic heterocycles. The van der Waals surface area contributed by atoms with Crippen molar-refractivity contribution in [2.45, 2.75) is 19.3 Å². The summed E-state index contributed by atoms with van der Waals surface area (Å²) >= 11 is 6.10. The molecule has 3 heterocycles. The van der Waals surface area contributed by atoms with Crippen molar-refractivity contribution in [1.82, 2.24) is 20.1 Å². The maximum atomic E-state index is 12.7. The molecule has 2 fully saturated rings. The third kappa shape index (κ3) is 5.05. The molecule has 5 amide bonds. The molecule has 176 valence electrons. The number of rotatable bonds is 3. The number of nitrogens with two attached hydrogens (primary N) is 2. The molecule has 0 unspecified atom stereocenters. The highest BCUT2D eigenvalue weighted by Crippen LogP contribution is 2.30. The molecule has 2 aromatic rings. The molecule has 1 aromatic carbocycles. The Balaban J connectivity index is 1.36. The van der Waals surface area contributed by atoms with Gasteiger partial charge in [0.1, 0.15) is 5.82 Å². The summed E-state index contributed by atoms with van der Waals surface area (Å²) in [6.45, 7) is 2.83. The number of halogens is 1. The molecule has 1 aromatic heterocycles. The molecule has 1 atom stereocenters. The van der Waals surface area contributed by atoms with E-state index in [1.807, 2.05) is 18.2 Å². The smallest absolute Gasteiger partial charge is 0.321 e.